The van der Waals surface area contributed by atoms with E-state index >= 15 is 0 Å². The van der Waals surface area contributed by atoms with Gasteiger partial charge in [0.05, 0.1) is 6.61 Å². The summed E-state index contributed by atoms with van der Waals surface area (Å²) in [6.07, 6.45) is 0.744. The SMILES string of the molecule is C=C(F)/C(C)=C1/CCOC1=C. The highest BCUT2D eigenvalue weighted by Crippen LogP contribution is 2.28. The van der Waals surface area contributed by atoms with Gasteiger partial charge in [0, 0.05) is 12.0 Å². The summed E-state index contributed by atoms with van der Waals surface area (Å²) >= 11 is 0. The van der Waals surface area contributed by atoms with Crippen molar-refractivity contribution >= 4 is 0 Å². The molecule has 1 nitrogen and oxygen atoms in total. The molecule has 0 aromatic rings. The van der Waals surface area contributed by atoms with E-state index in [1.54, 1.807) is 6.92 Å². The van der Waals surface area contributed by atoms with Gasteiger partial charge in [0.15, 0.2) is 0 Å². The molecule has 0 amide bonds. The molecule has 0 saturated carbocycles. The molecule has 1 heterocycles. The summed E-state index contributed by atoms with van der Waals surface area (Å²) in [7, 11) is 0. The molecule has 0 spiro atoms. The zero-order chi connectivity index (χ0) is 8.43. The zero-order valence-corrected chi connectivity index (χ0v) is 6.61. The Labute approximate surface area is 65.9 Å². The maximum Gasteiger partial charge on any atom is 0.119 e. The van der Waals surface area contributed by atoms with Crippen molar-refractivity contribution in [3.63, 3.8) is 0 Å². The van der Waals surface area contributed by atoms with Crippen LogP contribution in [0.1, 0.15) is 13.3 Å². The minimum absolute atomic E-state index is 0.397. The van der Waals surface area contributed by atoms with Crippen molar-refractivity contribution in [2.45, 2.75) is 13.3 Å². The molecular weight excluding hydrogens is 143 g/mol. The second-order valence-electron chi connectivity index (χ2n) is 2.53. The lowest BCUT2D eigenvalue weighted by atomic mass is 10.1. The first kappa shape index (κ1) is 8.05. The summed E-state index contributed by atoms with van der Waals surface area (Å²) in [5.74, 6) is 0.188. The van der Waals surface area contributed by atoms with Crippen LogP contribution in [0.5, 0.6) is 0 Å². The quantitative estimate of drug-likeness (QED) is 0.564. The predicted octanol–water partition coefficient (Wildman–Crippen LogP) is 2.72. The topological polar surface area (TPSA) is 9.23 Å². The molecule has 2 heteroatoms. The van der Waals surface area contributed by atoms with Crippen molar-refractivity contribution in [3.05, 3.63) is 35.9 Å². The summed E-state index contributed by atoms with van der Waals surface area (Å²) in [5, 5.41) is 0. The molecule has 1 fully saturated rings. The van der Waals surface area contributed by atoms with Crippen LogP contribution in [0.25, 0.3) is 0 Å². The van der Waals surface area contributed by atoms with Gasteiger partial charge in [-0.2, -0.15) is 0 Å². The van der Waals surface area contributed by atoms with Crippen LogP contribution < -0.4 is 0 Å². The van der Waals surface area contributed by atoms with E-state index in [0.717, 1.165) is 12.0 Å². The van der Waals surface area contributed by atoms with Crippen molar-refractivity contribution in [2.24, 2.45) is 0 Å². The van der Waals surface area contributed by atoms with E-state index in [9.17, 15) is 4.39 Å². The molecule has 0 radical (unpaired) electrons. The molecule has 1 saturated heterocycles. The van der Waals surface area contributed by atoms with Crippen molar-refractivity contribution in [3.8, 4) is 0 Å². The average molecular weight is 154 g/mol. The summed E-state index contributed by atoms with van der Waals surface area (Å²) in [5.41, 5.74) is 1.42. The lowest BCUT2D eigenvalue weighted by molar-refractivity contribution is 0.267. The molecule has 0 N–H and O–H groups in total. The van der Waals surface area contributed by atoms with E-state index in [2.05, 4.69) is 13.2 Å². The molecule has 11 heavy (non-hydrogen) atoms. The highest BCUT2D eigenvalue weighted by Gasteiger charge is 2.16. The molecule has 0 aromatic heterocycles. The molecular formula is C9H11FO. The van der Waals surface area contributed by atoms with Crippen LogP contribution in [0.4, 0.5) is 4.39 Å². The molecule has 0 aliphatic carbocycles. The second kappa shape index (κ2) is 2.91. The molecule has 0 unspecified atom stereocenters. The Hall–Kier alpha value is -1.05. The smallest absolute Gasteiger partial charge is 0.119 e. The fraction of sp³-hybridized carbons (Fsp3) is 0.333. The van der Waals surface area contributed by atoms with Crippen molar-refractivity contribution in [1.82, 2.24) is 0 Å². The van der Waals surface area contributed by atoms with Crippen LogP contribution in [0.2, 0.25) is 0 Å². The van der Waals surface area contributed by atoms with Gasteiger partial charge in [-0.25, -0.2) is 4.39 Å². The molecule has 0 bridgehead atoms. The van der Waals surface area contributed by atoms with Crippen molar-refractivity contribution in [1.29, 1.82) is 0 Å². The van der Waals surface area contributed by atoms with Gasteiger partial charge >= 0.3 is 0 Å². The van der Waals surface area contributed by atoms with E-state index in [4.69, 9.17) is 4.74 Å². The average Bonchev–Trinajstić information content (AvgIpc) is 2.33. The van der Waals surface area contributed by atoms with Crippen LogP contribution >= 0.6 is 0 Å². The minimum atomic E-state index is -0.397. The van der Waals surface area contributed by atoms with Gasteiger partial charge in [-0.05, 0) is 12.5 Å². The van der Waals surface area contributed by atoms with E-state index in [1.807, 2.05) is 0 Å². The largest absolute Gasteiger partial charge is 0.494 e. The Morgan fingerprint density at radius 2 is 2.27 bits per heavy atom. The van der Waals surface area contributed by atoms with Crippen LogP contribution in [0, 0.1) is 0 Å². The Bertz CT molecular complexity index is 238. The lowest BCUT2D eigenvalue weighted by Gasteiger charge is -2.01. The Morgan fingerprint density at radius 1 is 1.64 bits per heavy atom. The fourth-order valence-electron chi connectivity index (χ4n) is 1.06. The number of hydrogen-bond donors (Lipinski definition) is 0. The highest BCUT2D eigenvalue weighted by atomic mass is 19.1. The van der Waals surface area contributed by atoms with E-state index < -0.39 is 5.83 Å². The van der Waals surface area contributed by atoms with E-state index in [1.165, 1.54) is 0 Å². The fourth-order valence-corrected chi connectivity index (χ4v) is 1.06. The van der Waals surface area contributed by atoms with Crippen molar-refractivity contribution in [2.75, 3.05) is 6.61 Å². The standard InChI is InChI=1S/C9H11FO/c1-6(7(2)10)9-4-5-11-8(9)3/h2-5H2,1H3/b9-6-. The van der Waals surface area contributed by atoms with Crippen LogP contribution in [-0.2, 0) is 4.74 Å². The first-order valence-corrected chi connectivity index (χ1v) is 3.49. The normalized spacial score (nSPS) is 21.5. The van der Waals surface area contributed by atoms with Gasteiger partial charge in [0.1, 0.15) is 11.6 Å². The molecule has 1 aliphatic heterocycles. The van der Waals surface area contributed by atoms with E-state index in [-0.39, 0.29) is 0 Å². The molecule has 0 atom stereocenters. The Balaban J connectivity index is 2.94. The van der Waals surface area contributed by atoms with Crippen molar-refractivity contribution < 1.29 is 9.13 Å². The van der Waals surface area contributed by atoms with Gasteiger partial charge in [0.2, 0.25) is 0 Å². The number of rotatable bonds is 1. The minimum Gasteiger partial charge on any atom is -0.494 e. The highest BCUT2D eigenvalue weighted by molar-refractivity contribution is 5.38. The van der Waals surface area contributed by atoms with Gasteiger partial charge in [0.25, 0.3) is 0 Å². The number of ether oxygens (including phenoxy) is 1. The van der Waals surface area contributed by atoms with Crippen LogP contribution in [-0.4, -0.2) is 6.61 Å². The van der Waals surface area contributed by atoms with Gasteiger partial charge in [-0.15, -0.1) is 0 Å². The third-order valence-electron chi connectivity index (χ3n) is 1.82. The summed E-state index contributed by atoms with van der Waals surface area (Å²) in [6.45, 7) is 9.17. The third-order valence-corrected chi connectivity index (χ3v) is 1.82. The number of hydrogen-bond acceptors (Lipinski definition) is 1. The summed E-state index contributed by atoms with van der Waals surface area (Å²) in [4.78, 5) is 0. The summed E-state index contributed by atoms with van der Waals surface area (Å²) in [6, 6.07) is 0. The Kier molecular flexibility index (Phi) is 2.13. The lowest BCUT2D eigenvalue weighted by Crippen LogP contribution is -1.85. The zero-order valence-electron chi connectivity index (χ0n) is 6.61. The molecule has 1 rings (SSSR count). The maximum atomic E-state index is 12.6. The van der Waals surface area contributed by atoms with Gasteiger partial charge < -0.3 is 4.74 Å². The first-order valence-electron chi connectivity index (χ1n) is 3.49. The van der Waals surface area contributed by atoms with Gasteiger partial charge in [-0.3, -0.25) is 0 Å². The number of allylic oxidation sites excluding steroid dienone is 3. The Morgan fingerprint density at radius 3 is 2.64 bits per heavy atom. The third kappa shape index (κ3) is 1.50. The predicted molar refractivity (Wildman–Crippen MR) is 42.7 cm³/mol. The molecule has 1 aliphatic rings. The summed E-state index contributed by atoms with van der Waals surface area (Å²) < 4.78 is 17.6. The first-order chi connectivity index (χ1) is 5.13. The monoisotopic (exact) mass is 154 g/mol. The van der Waals surface area contributed by atoms with E-state index in [0.29, 0.717) is 17.9 Å². The van der Waals surface area contributed by atoms with Crippen LogP contribution in [0.3, 0.4) is 0 Å². The van der Waals surface area contributed by atoms with Gasteiger partial charge in [-0.1, -0.05) is 13.2 Å². The van der Waals surface area contributed by atoms with Crippen LogP contribution in [0.15, 0.2) is 35.9 Å². The molecule has 0 aromatic carbocycles. The molecule has 60 valence electrons. The number of halogens is 1. The second-order valence-corrected chi connectivity index (χ2v) is 2.53. The maximum absolute atomic E-state index is 12.6.